The van der Waals surface area contributed by atoms with Crippen LogP contribution in [-0.2, 0) is 0 Å². The van der Waals surface area contributed by atoms with Crippen molar-refractivity contribution in [2.45, 2.75) is 6.92 Å². The lowest BCUT2D eigenvalue weighted by atomic mass is 10.2. The van der Waals surface area contributed by atoms with Gasteiger partial charge >= 0.3 is 0 Å². The zero-order valence-electron chi connectivity index (χ0n) is 11.8. The average Bonchev–Trinajstić information content (AvgIpc) is 2.51. The maximum Gasteiger partial charge on any atom is 0.287 e. The van der Waals surface area contributed by atoms with E-state index in [4.69, 9.17) is 4.74 Å². The molecule has 0 fully saturated rings. The van der Waals surface area contributed by atoms with E-state index in [0.29, 0.717) is 18.2 Å². The second kappa shape index (κ2) is 7.02. The van der Waals surface area contributed by atoms with Crippen LogP contribution < -0.4 is 10.2 Å². The van der Waals surface area contributed by atoms with Gasteiger partial charge in [0.15, 0.2) is 11.5 Å². The SMILES string of the molecule is CCOc1cc(/C=N/Nc2ccc([N+](=O)[O-])cn2)ccc1O. The van der Waals surface area contributed by atoms with Gasteiger partial charge in [0, 0.05) is 6.07 Å². The van der Waals surface area contributed by atoms with Crippen molar-refractivity contribution in [3.8, 4) is 11.5 Å². The Morgan fingerprint density at radius 1 is 1.45 bits per heavy atom. The summed E-state index contributed by atoms with van der Waals surface area (Å²) >= 11 is 0. The number of phenols is 1. The van der Waals surface area contributed by atoms with Gasteiger partial charge in [-0.1, -0.05) is 0 Å². The van der Waals surface area contributed by atoms with E-state index in [-0.39, 0.29) is 11.4 Å². The summed E-state index contributed by atoms with van der Waals surface area (Å²) in [5.41, 5.74) is 3.29. The Morgan fingerprint density at radius 2 is 2.27 bits per heavy atom. The number of anilines is 1. The summed E-state index contributed by atoms with van der Waals surface area (Å²) in [6.45, 7) is 2.27. The molecule has 2 aromatic rings. The second-order valence-corrected chi connectivity index (χ2v) is 4.19. The quantitative estimate of drug-likeness (QED) is 0.482. The van der Waals surface area contributed by atoms with E-state index >= 15 is 0 Å². The fourth-order valence-corrected chi connectivity index (χ4v) is 1.62. The maximum atomic E-state index is 10.5. The van der Waals surface area contributed by atoms with E-state index < -0.39 is 4.92 Å². The minimum Gasteiger partial charge on any atom is -0.504 e. The lowest BCUT2D eigenvalue weighted by Gasteiger charge is -2.06. The van der Waals surface area contributed by atoms with Crippen molar-refractivity contribution < 1.29 is 14.8 Å². The molecule has 0 aliphatic rings. The van der Waals surface area contributed by atoms with E-state index in [1.165, 1.54) is 24.4 Å². The van der Waals surface area contributed by atoms with Crippen molar-refractivity contribution >= 4 is 17.7 Å². The number of ether oxygens (including phenoxy) is 1. The minimum atomic E-state index is -0.522. The third-order valence-electron chi connectivity index (χ3n) is 2.64. The van der Waals surface area contributed by atoms with Crippen molar-refractivity contribution in [3.63, 3.8) is 0 Å². The smallest absolute Gasteiger partial charge is 0.287 e. The van der Waals surface area contributed by atoms with Gasteiger partial charge < -0.3 is 9.84 Å². The van der Waals surface area contributed by atoms with Gasteiger partial charge in [0.2, 0.25) is 0 Å². The second-order valence-electron chi connectivity index (χ2n) is 4.19. The number of nitrogens with one attached hydrogen (secondary N) is 1. The average molecular weight is 302 g/mol. The molecule has 0 saturated carbocycles. The fraction of sp³-hybridized carbons (Fsp3) is 0.143. The summed E-state index contributed by atoms with van der Waals surface area (Å²) in [4.78, 5) is 13.8. The Hall–Kier alpha value is -3.16. The van der Waals surface area contributed by atoms with Crippen LogP contribution in [0.4, 0.5) is 11.5 Å². The molecule has 2 N–H and O–H groups in total. The zero-order chi connectivity index (χ0) is 15.9. The third-order valence-corrected chi connectivity index (χ3v) is 2.64. The number of nitro groups is 1. The first-order valence-corrected chi connectivity index (χ1v) is 6.45. The number of aromatic nitrogens is 1. The Morgan fingerprint density at radius 3 is 2.91 bits per heavy atom. The molecule has 0 radical (unpaired) electrons. The predicted octanol–water partition coefficient (Wildman–Crippen LogP) is 2.54. The maximum absolute atomic E-state index is 10.5. The highest BCUT2D eigenvalue weighted by molar-refractivity contribution is 5.81. The van der Waals surface area contributed by atoms with Crippen LogP contribution in [0.15, 0.2) is 41.6 Å². The first-order valence-electron chi connectivity index (χ1n) is 6.45. The number of nitrogens with zero attached hydrogens (tertiary/aromatic N) is 3. The van der Waals surface area contributed by atoms with E-state index in [9.17, 15) is 15.2 Å². The Kier molecular flexibility index (Phi) is 4.86. The Bertz CT molecular complexity index is 686. The molecule has 0 unspecified atom stereocenters. The zero-order valence-corrected chi connectivity index (χ0v) is 11.8. The van der Waals surface area contributed by atoms with Crippen LogP contribution in [0.25, 0.3) is 0 Å². The Balaban J connectivity index is 2.03. The number of aromatic hydroxyl groups is 1. The molecule has 22 heavy (non-hydrogen) atoms. The highest BCUT2D eigenvalue weighted by Gasteiger charge is 2.04. The van der Waals surface area contributed by atoms with Crippen LogP contribution in [0.2, 0.25) is 0 Å². The highest BCUT2D eigenvalue weighted by atomic mass is 16.6. The van der Waals surface area contributed by atoms with Crippen molar-refractivity contribution in [2.24, 2.45) is 5.10 Å². The van der Waals surface area contributed by atoms with E-state index in [0.717, 1.165) is 11.8 Å². The largest absolute Gasteiger partial charge is 0.504 e. The number of phenolic OH excluding ortho intramolecular Hbond substituents is 1. The molecule has 0 aliphatic heterocycles. The monoisotopic (exact) mass is 302 g/mol. The summed E-state index contributed by atoms with van der Waals surface area (Å²) in [7, 11) is 0. The normalized spacial score (nSPS) is 10.6. The molecule has 8 heteroatoms. The number of hydrogen-bond acceptors (Lipinski definition) is 7. The summed E-state index contributed by atoms with van der Waals surface area (Å²) in [5.74, 6) is 0.814. The minimum absolute atomic E-state index is 0.0593. The van der Waals surface area contributed by atoms with Crippen LogP contribution in [-0.4, -0.2) is 27.8 Å². The molecule has 0 bridgehead atoms. The molecular formula is C14H14N4O4. The Labute approximate surface area is 126 Å². The molecule has 0 spiro atoms. The van der Waals surface area contributed by atoms with Gasteiger partial charge in [-0.05, 0) is 36.8 Å². The molecular weight excluding hydrogens is 288 g/mol. The van der Waals surface area contributed by atoms with Crippen LogP contribution in [0, 0.1) is 10.1 Å². The van der Waals surface area contributed by atoms with Crippen LogP contribution >= 0.6 is 0 Å². The number of benzene rings is 1. The van der Waals surface area contributed by atoms with Crippen LogP contribution in [0.3, 0.4) is 0 Å². The molecule has 0 atom stereocenters. The van der Waals surface area contributed by atoms with Crippen molar-refractivity contribution in [3.05, 3.63) is 52.2 Å². The van der Waals surface area contributed by atoms with Crippen molar-refractivity contribution in [1.29, 1.82) is 0 Å². The van der Waals surface area contributed by atoms with Crippen LogP contribution in [0.5, 0.6) is 11.5 Å². The van der Waals surface area contributed by atoms with Crippen molar-refractivity contribution in [1.82, 2.24) is 4.98 Å². The topological polar surface area (TPSA) is 110 Å². The summed E-state index contributed by atoms with van der Waals surface area (Å²) in [6, 6.07) is 7.62. The van der Waals surface area contributed by atoms with Crippen LogP contribution in [0.1, 0.15) is 12.5 Å². The molecule has 2 rings (SSSR count). The fourth-order valence-electron chi connectivity index (χ4n) is 1.62. The summed E-state index contributed by atoms with van der Waals surface area (Å²) in [6.07, 6.45) is 2.66. The van der Waals surface area contributed by atoms with Gasteiger partial charge in [0.25, 0.3) is 5.69 Å². The first kappa shape index (κ1) is 15.2. The standard InChI is InChI=1S/C14H14N4O4/c1-2-22-13-7-10(3-5-12(13)19)8-16-17-14-6-4-11(9-15-14)18(20)21/h3-9,19H,2H2,1H3,(H,15,17)/b16-8+. The van der Waals surface area contributed by atoms with Gasteiger partial charge in [0.05, 0.1) is 17.7 Å². The number of rotatable bonds is 6. The highest BCUT2D eigenvalue weighted by Crippen LogP contribution is 2.26. The molecule has 0 amide bonds. The molecule has 0 saturated heterocycles. The first-order chi connectivity index (χ1) is 10.6. The van der Waals surface area contributed by atoms with Crippen molar-refractivity contribution in [2.75, 3.05) is 12.0 Å². The number of hydrazone groups is 1. The van der Waals surface area contributed by atoms with Gasteiger partial charge in [-0.15, -0.1) is 0 Å². The lowest BCUT2D eigenvalue weighted by Crippen LogP contribution is -1.96. The van der Waals surface area contributed by atoms with E-state index in [1.807, 2.05) is 6.92 Å². The van der Waals surface area contributed by atoms with Gasteiger partial charge in [0.1, 0.15) is 12.0 Å². The predicted molar refractivity (Wildman–Crippen MR) is 81.4 cm³/mol. The molecule has 8 nitrogen and oxygen atoms in total. The van der Waals surface area contributed by atoms with E-state index in [1.54, 1.807) is 12.1 Å². The van der Waals surface area contributed by atoms with Gasteiger partial charge in [-0.3, -0.25) is 15.5 Å². The molecule has 1 aromatic carbocycles. The van der Waals surface area contributed by atoms with E-state index in [2.05, 4.69) is 15.5 Å². The summed E-state index contributed by atoms with van der Waals surface area (Å²) in [5, 5.41) is 24.1. The third kappa shape index (κ3) is 3.92. The van der Waals surface area contributed by atoms with Gasteiger partial charge in [-0.2, -0.15) is 5.10 Å². The number of hydrogen-bond donors (Lipinski definition) is 2. The molecule has 0 aliphatic carbocycles. The molecule has 114 valence electrons. The number of pyridine rings is 1. The molecule has 1 heterocycles. The lowest BCUT2D eigenvalue weighted by molar-refractivity contribution is -0.385. The summed E-state index contributed by atoms with van der Waals surface area (Å²) < 4.78 is 5.27. The molecule has 1 aromatic heterocycles. The van der Waals surface area contributed by atoms with Gasteiger partial charge in [-0.25, -0.2) is 4.98 Å².